The molecule has 0 saturated carbocycles. The second-order valence-corrected chi connectivity index (χ2v) is 3.64. The number of alkyl halides is 14. The molecule has 0 aromatic heterocycles. The standard InChI is InChI=1S/C7F14O/c8-3(9,7(19,20)21)1(22)2(4(10,11)12,5(13,14)15)6(16,17)18. The van der Waals surface area contributed by atoms with Crippen molar-refractivity contribution in [2.24, 2.45) is 5.41 Å². The number of hydrogen-bond donors (Lipinski definition) is 0. The van der Waals surface area contributed by atoms with Crippen LogP contribution in [0.25, 0.3) is 0 Å². The Morgan fingerprint density at radius 1 is 0.455 bits per heavy atom. The summed E-state index contributed by atoms with van der Waals surface area (Å²) in [4.78, 5) is 10.4. The maximum absolute atomic E-state index is 12.4. The first-order chi connectivity index (χ1) is 9.15. The van der Waals surface area contributed by atoms with Crippen LogP contribution in [-0.2, 0) is 4.79 Å². The minimum absolute atomic E-state index is 5.43. The number of halogens is 14. The maximum atomic E-state index is 12.4. The highest BCUT2D eigenvalue weighted by molar-refractivity contribution is 5.94. The molecule has 132 valence electrons. The van der Waals surface area contributed by atoms with E-state index in [1.54, 1.807) is 0 Å². The van der Waals surface area contributed by atoms with Gasteiger partial charge >= 0.3 is 36.0 Å². The van der Waals surface area contributed by atoms with E-state index in [4.69, 9.17) is 0 Å². The van der Waals surface area contributed by atoms with Gasteiger partial charge in [-0.15, -0.1) is 0 Å². The van der Waals surface area contributed by atoms with E-state index in [0.29, 0.717) is 0 Å². The van der Waals surface area contributed by atoms with Crippen molar-refractivity contribution in [3.05, 3.63) is 0 Å². The van der Waals surface area contributed by atoms with E-state index in [-0.39, 0.29) is 0 Å². The van der Waals surface area contributed by atoms with Gasteiger partial charge in [0.25, 0.3) is 0 Å². The van der Waals surface area contributed by atoms with Crippen LogP contribution >= 0.6 is 0 Å². The van der Waals surface area contributed by atoms with Crippen LogP contribution in [-0.4, -0.2) is 36.4 Å². The van der Waals surface area contributed by atoms with Gasteiger partial charge in [-0.2, -0.15) is 61.5 Å². The molecule has 0 aliphatic carbocycles. The average Bonchev–Trinajstić information content (AvgIpc) is 2.08. The Morgan fingerprint density at radius 2 is 0.682 bits per heavy atom. The average molecular weight is 366 g/mol. The molecule has 0 rings (SSSR count). The highest BCUT2D eigenvalue weighted by atomic mass is 19.4. The van der Waals surface area contributed by atoms with Crippen LogP contribution in [0.4, 0.5) is 61.5 Å². The van der Waals surface area contributed by atoms with Crippen LogP contribution in [0.3, 0.4) is 0 Å². The summed E-state index contributed by atoms with van der Waals surface area (Å²) in [6.07, 6.45) is -31.0. The summed E-state index contributed by atoms with van der Waals surface area (Å²) in [7, 11) is 0. The lowest BCUT2D eigenvalue weighted by atomic mass is 9.77. The van der Waals surface area contributed by atoms with Gasteiger partial charge in [-0.05, 0) is 0 Å². The van der Waals surface area contributed by atoms with Crippen LogP contribution in [0.1, 0.15) is 0 Å². The molecule has 0 aliphatic rings. The number of rotatable bonds is 2. The Bertz CT molecular complexity index is 394. The van der Waals surface area contributed by atoms with Gasteiger partial charge in [0.05, 0.1) is 0 Å². The molecule has 0 unspecified atom stereocenters. The Labute approximate surface area is 109 Å². The molecule has 0 saturated heterocycles. The molecule has 0 N–H and O–H groups in total. The summed E-state index contributed by atoms with van der Waals surface area (Å²) < 4.78 is 170. The Morgan fingerprint density at radius 3 is 0.818 bits per heavy atom. The van der Waals surface area contributed by atoms with E-state index in [9.17, 15) is 66.3 Å². The fourth-order valence-electron chi connectivity index (χ4n) is 1.23. The molecule has 0 aromatic rings. The third-order valence-electron chi connectivity index (χ3n) is 2.26. The topological polar surface area (TPSA) is 17.1 Å². The zero-order valence-corrected chi connectivity index (χ0v) is 9.20. The van der Waals surface area contributed by atoms with Crippen molar-refractivity contribution < 1.29 is 66.3 Å². The van der Waals surface area contributed by atoms with Gasteiger partial charge in [-0.3, -0.25) is 4.79 Å². The van der Waals surface area contributed by atoms with Crippen molar-refractivity contribution in [2.75, 3.05) is 0 Å². The highest BCUT2D eigenvalue weighted by Crippen LogP contribution is 2.62. The first kappa shape index (κ1) is 20.7. The minimum Gasteiger partial charge on any atom is -0.291 e. The molecular formula is C7F14O. The molecule has 0 aromatic carbocycles. The monoisotopic (exact) mass is 366 g/mol. The fourth-order valence-corrected chi connectivity index (χ4v) is 1.23. The third-order valence-corrected chi connectivity index (χ3v) is 2.26. The number of Topliss-reactive ketones (excluding diaryl/α,β-unsaturated/α-hetero) is 1. The molecule has 0 spiro atoms. The van der Waals surface area contributed by atoms with Crippen molar-refractivity contribution in [3.8, 4) is 0 Å². The third kappa shape index (κ3) is 2.68. The predicted octanol–water partition coefficient (Wildman–Crippen LogP) is 4.43. The van der Waals surface area contributed by atoms with Crippen LogP contribution in [0.15, 0.2) is 0 Å². The predicted molar refractivity (Wildman–Crippen MR) is 36.6 cm³/mol. The van der Waals surface area contributed by atoms with Crippen LogP contribution < -0.4 is 0 Å². The number of carbonyl (C=O) groups is 1. The molecule has 1 nitrogen and oxygen atoms in total. The first-order valence-corrected chi connectivity index (χ1v) is 4.35. The van der Waals surface area contributed by atoms with Crippen molar-refractivity contribution in [3.63, 3.8) is 0 Å². The first-order valence-electron chi connectivity index (χ1n) is 4.35. The Hall–Kier alpha value is -1.31. The van der Waals surface area contributed by atoms with Crippen LogP contribution in [0.2, 0.25) is 0 Å². The molecule has 0 amide bonds. The molecular weight excluding hydrogens is 366 g/mol. The Balaban J connectivity index is 6.81. The zero-order chi connectivity index (χ0) is 18.6. The molecule has 0 aliphatic heterocycles. The summed E-state index contributed by atoms with van der Waals surface area (Å²) in [5.74, 6) is -13.0. The normalized spacial score (nSPS) is 15.9. The number of ketones is 1. The van der Waals surface area contributed by atoms with Gasteiger partial charge in [0.15, 0.2) is 0 Å². The minimum atomic E-state index is -7.90. The van der Waals surface area contributed by atoms with E-state index >= 15 is 0 Å². The fraction of sp³-hybridized carbons (Fsp3) is 0.857. The molecule has 22 heavy (non-hydrogen) atoms. The van der Waals surface area contributed by atoms with Gasteiger partial charge in [-0.25, -0.2) is 0 Å². The van der Waals surface area contributed by atoms with Crippen molar-refractivity contribution in [1.82, 2.24) is 0 Å². The van der Waals surface area contributed by atoms with E-state index in [1.807, 2.05) is 0 Å². The lowest BCUT2D eigenvalue weighted by Gasteiger charge is -2.38. The summed E-state index contributed by atoms with van der Waals surface area (Å²) >= 11 is 0. The lowest BCUT2D eigenvalue weighted by Crippen LogP contribution is -2.69. The number of hydrogen-bond acceptors (Lipinski definition) is 1. The zero-order valence-electron chi connectivity index (χ0n) is 9.20. The van der Waals surface area contributed by atoms with Gasteiger partial charge in [0.2, 0.25) is 5.78 Å². The molecule has 0 atom stereocenters. The van der Waals surface area contributed by atoms with E-state index in [1.165, 1.54) is 0 Å². The summed E-state index contributed by atoms with van der Waals surface area (Å²) in [6, 6.07) is 0. The van der Waals surface area contributed by atoms with E-state index in [2.05, 4.69) is 0 Å². The van der Waals surface area contributed by atoms with Crippen LogP contribution in [0, 0.1) is 5.41 Å². The van der Waals surface area contributed by atoms with Crippen molar-refractivity contribution >= 4 is 5.78 Å². The van der Waals surface area contributed by atoms with Crippen molar-refractivity contribution in [1.29, 1.82) is 0 Å². The van der Waals surface area contributed by atoms with E-state index < -0.39 is 41.8 Å². The quantitative estimate of drug-likeness (QED) is 0.661. The second kappa shape index (κ2) is 4.84. The van der Waals surface area contributed by atoms with Gasteiger partial charge in [0.1, 0.15) is 0 Å². The van der Waals surface area contributed by atoms with Gasteiger partial charge < -0.3 is 0 Å². The highest BCUT2D eigenvalue weighted by Gasteiger charge is 2.92. The smallest absolute Gasteiger partial charge is 0.291 e. The van der Waals surface area contributed by atoms with Gasteiger partial charge in [-0.1, -0.05) is 0 Å². The maximum Gasteiger partial charge on any atom is 0.461 e. The lowest BCUT2D eigenvalue weighted by molar-refractivity contribution is -0.414. The molecule has 0 fully saturated rings. The Kier molecular flexibility index (Phi) is 4.55. The molecule has 0 bridgehead atoms. The van der Waals surface area contributed by atoms with Crippen LogP contribution in [0.5, 0.6) is 0 Å². The summed E-state index contributed by atoms with van der Waals surface area (Å²) in [5.41, 5.74) is -7.90. The summed E-state index contributed by atoms with van der Waals surface area (Å²) in [6.45, 7) is 0. The summed E-state index contributed by atoms with van der Waals surface area (Å²) in [5, 5.41) is 0. The van der Waals surface area contributed by atoms with Gasteiger partial charge in [0, 0.05) is 0 Å². The van der Waals surface area contributed by atoms with E-state index in [0.717, 1.165) is 0 Å². The molecule has 0 radical (unpaired) electrons. The number of carbonyl (C=O) groups excluding carboxylic acids is 1. The largest absolute Gasteiger partial charge is 0.461 e. The molecule has 15 heteroatoms. The van der Waals surface area contributed by atoms with Crippen molar-refractivity contribution in [2.45, 2.75) is 30.6 Å². The molecule has 0 heterocycles. The second-order valence-electron chi connectivity index (χ2n) is 3.64. The SMILES string of the molecule is O=C(C(F)(F)C(F)(F)F)C(C(F)(F)F)(C(F)(F)F)C(F)(F)F.